The average Bonchev–Trinajstić information content (AvgIpc) is 2.68. The maximum atomic E-state index is 13.3. The lowest BCUT2D eigenvalue weighted by Gasteiger charge is -2.23. The van der Waals surface area contributed by atoms with Crippen molar-refractivity contribution in [2.45, 2.75) is 6.29 Å². The summed E-state index contributed by atoms with van der Waals surface area (Å²) < 4.78 is 35.6. The van der Waals surface area contributed by atoms with E-state index in [0.717, 1.165) is 0 Å². The van der Waals surface area contributed by atoms with E-state index in [0.29, 0.717) is 17.1 Å². The van der Waals surface area contributed by atoms with E-state index in [1.165, 1.54) is 7.11 Å². The fourth-order valence-corrected chi connectivity index (χ4v) is 3.58. The Morgan fingerprint density at radius 2 is 1.11 bits per heavy atom. The van der Waals surface area contributed by atoms with Crippen molar-refractivity contribution < 1.29 is 28.3 Å². The molecule has 142 valence electrons. The molecule has 0 amide bonds. The molecule has 7 heteroatoms. The summed E-state index contributed by atoms with van der Waals surface area (Å²) in [7, 11) is -2.56. The molecule has 0 aromatic heterocycles. The molecular weight excluding hydrogens is 367 g/mol. The van der Waals surface area contributed by atoms with Gasteiger partial charge in [-0.1, -0.05) is 66.7 Å². The van der Waals surface area contributed by atoms with Crippen LogP contribution in [0.25, 0.3) is 0 Å². The number of hydrogen-bond acceptors (Lipinski definition) is 5. The summed E-state index contributed by atoms with van der Waals surface area (Å²) in [6.07, 6.45) is -0.908. The maximum absolute atomic E-state index is 13.3. The molecule has 0 heterocycles. The molecule has 0 spiro atoms. The van der Waals surface area contributed by atoms with Gasteiger partial charge in [-0.15, -0.1) is 0 Å². The van der Waals surface area contributed by atoms with Crippen molar-refractivity contribution in [2.75, 3.05) is 7.11 Å². The van der Waals surface area contributed by atoms with Crippen LogP contribution in [0.4, 0.5) is 0 Å². The Balaban J connectivity index is 0.00000261. The predicted molar refractivity (Wildman–Crippen MR) is 103 cm³/mol. The summed E-state index contributed by atoms with van der Waals surface area (Å²) in [6, 6.07) is 26.6. The third kappa shape index (κ3) is 5.94. The number of para-hydroxylation sites is 2. The lowest BCUT2D eigenvalue weighted by Crippen LogP contribution is -2.11. The minimum absolute atomic E-state index is 0. The quantitative estimate of drug-likeness (QED) is 0.409. The molecule has 0 saturated heterocycles. The largest absolute Gasteiger partial charge is 0.590 e. The van der Waals surface area contributed by atoms with E-state index in [1.54, 1.807) is 48.5 Å². The highest BCUT2D eigenvalue weighted by Crippen LogP contribution is 2.53. The molecule has 0 fully saturated rings. The summed E-state index contributed by atoms with van der Waals surface area (Å²) in [6.45, 7) is 0. The Morgan fingerprint density at radius 1 is 0.704 bits per heavy atom. The highest BCUT2D eigenvalue weighted by molar-refractivity contribution is 7.49. The molecule has 6 nitrogen and oxygen atoms in total. The van der Waals surface area contributed by atoms with Crippen molar-refractivity contribution in [1.82, 2.24) is 0 Å². The molecule has 1 atom stereocenters. The first kappa shape index (κ1) is 20.7. The van der Waals surface area contributed by atoms with Crippen LogP contribution in [0.5, 0.6) is 11.5 Å². The second-order valence-corrected chi connectivity index (χ2v) is 6.81. The Morgan fingerprint density at radius 3 is 1.52 bits per heavy atom. The van der Waals surface area contributed by atoms with E-state index in [1.807, 2.05) is 42.5 Å². The van der Waals surface area contributed by atoms with E-state index in [4.69, 9.17) is 18.3 Å². The number of phosphoric acid groups is 1. The fraction of sp³-hybridized carbons (Fsp3) is 0.100. The second-order valence-electron chi connectivity index (χ2n) is 5.34. The van der Waals surface area contributed by atoms with Gasteiger partial charge >= 0.3 is 7.82 Å². The minimum Gasteiger partial charge on any atom is -0.412 e. The summed E-state index contributed by atoms with van der Waals surface area (Å²) in [4.78, 5) is 0. The van der Waals surface area contributed by atoms with Crippen molar-refractivity contribution in [3.8, 4) is 11.5 Å². The van der Waals surface area contributed by atoms with Crippen molar-refractivity contribution in [1.29, 1.82) is 0 Å². The van der Waals surface area contributed by atoms with Crippen LogP contribution in [0.1, 0.15) is 11.9 Å². The van der Waals surface area contributed by atoms with Gasteiger partial charge in [0.05, 0.1) is 0 Å². The van der Waals surface area contributed by atoms with Crippen LogP contribution >= 0.6 is 7.82 Å². The molecule has 0 aliphatic heterocycles. The van der Waals surface area contributed by atoms with E-state index in [9.17, 15) is 4.57 Å². The van der Waals surface area contributed by atoms with E-state index >= 15 is 0 Å². The summed E-state index contributed by atoms with van der Waals surface area (Å²) >= 11 is 0. The first-order valence-corrected chi connectivity index (χ1v) is 9.50. The van der Waals surface area contributed by atoms with Crippen LogP contribution in [0.3, 0.4) is 0 Å². The van der Waals surface area contributed by atoms with Crippen LogP contribution < -0.4 is 9.05 Å². The van der Waals surface area contributed by atoms with Crippen LogP contribution in [0, 0.1) is 0 Å². The van der Waals surface area contributed by atoms with Crippen LogP contribution in [-0.4, -0.2) is 12.6 Å². The number of methoxy groups -OCH3 is 1. The van der Waals surface area contributed by atoms with Gasteiger partial charge in [-0.2, -0.15) is 0 Å². The third-order valence-electron chi connectivity index (χ3n) is 3.43. The van der Waals surface area contributed by atoms with Crippen molar-refractivity contribution in [3.63, 3.8) is 0 Å². The molecule has 27 heavy (non-hydrogen) atoms. The van der Waals surface area contributed by atoms with Crippen molar-refractivity contribution in [2.24, 2.45) is 0 Å². The number of phosphoric ester groups is 1. The normalized spacial score (nSPS) is 11.9. The van der Waals surface area contributed by atoms with Gasteiger partial charge in [0, 0.05) is 12.7 Å². The zero-order valence-electron chi connectivity index (χ0n) is 14.7. The molecule has 0 aliphatic rings. The van der Waals surface area contributed by atoms with Gasteiger partial charge in [0.25, 0.3) is 0 Å². The van der Waals surface area contributed by atoms with Crippen LogP contribution in [0.15, 0.2) is 91.0 Å². The Bertz CT molecular complexity index is 797. The maximum Gasteiger partial charge on any atom is 0.590 e. The highest BCUT2D eigenvalue weighted by Gasteiger charge is 2.35. The van der Waals surface area contributed by atoms with Crippen molar-refractivity contribution in [3.05, 3.63) is 96.6 Å². The molecular formula is C20H21O6P. The molecule has 0 aliphatic carbocycles. The predicted octanol–water partition coefficient (Wildman–Crippen LogP) is 4.79. The third-order valence-corrected chi connectivity index (χ3v) is 4.75. The first-order chi connectivity index (χ1) is 12.7. The zero-order chi connectivity index (χ0) is 18.2. The van der Waals surface area contributed by atoms with Crippen LogP contribution in [-0.2, 0) is 13.8 Å². The smallest absolute Gasteiger partial charge is 0.412 e. The molecule has 3 aromatic carbocycles. The van der Waals surface area contributed by atoms with Gasteiger partial charge in [0.15, 0.2) is 6.29 Å². The highest BCUT2D eigenvalue weighted by atomic mass is 31.2. The molecule has 3 rings (SSSR count). The number of ether oxygens (including phenoxy) is 1. The first-order valence-electron chi connectivity index (χ1n) is 8.04. The Kier molecular flexibility index (Phi) is 7.58. The lowest BCUT2D eigenvalue weighted by atomic mass is 10.2. The summed E-state index contributed by atoms with van der Waals surface area (Å²) in [5.74, 6) is 0.740. The van der Waals surface area contributed by atoms with E-state index in [2.05, 4.69) is 0 Å². The van der Waals surface area contributed by atoms with Gasteiger partial charge in [-0.05, 0) is 24.3 Å². The molecule has 0 bridgehead atoms. The Hall–Kier alpha value is -2.63. The van der Waals surface area contributed by atoms with Gasteiger partial charge in [0.1, 0.15) is 11.5 Å². The second kappa shape index (κ2) is 9.90. The summed E-state index contributed by atoms with van der Waals surface area (Å²) in [5, 5.41) is 0. The average molecular weight is 388 g/mol. The SMILES string of the molecule is COC(OP(=O)(Oc1ccccc1)Oc1ccccc1)c1ccccc1.O. The Labute approximate surface area is 158 Å². The zero-order valence-corrected chi connectivity index (χ0v) is 15.6. The standard InChI is InChI=1S/C20H19O5P.H2O/c1-22-20(17-11-5-2-6-12-17)25-26(21,23-18-13-7-3-8-14-18)24-19-15-9-4-10-16-19;/h2-16,20H,1H3;1H2. The topological polar surface area (TPSA) is 85.5 Å². The van der Waals surface area contributed by atoms with E-state index in [-0.39, 0.29) is 5.48 Å². The van der Waals surface area contributed by atoms with E-state index < -0.39 is 14.1 Å². The number of rotatable bonds is 8. The van der Waals surface area contributed by atoms with Gasteiger partial charge < -0.3 is 19.3 Å². The molecule has 2 N–H and O–H groups in total. The molecule has 0 radical (unpaired) electrons. The van der Waals surface area contributed by atoms with Gasteiger partial charge in [0.2, 0.25) is 0 Å². The molecule has 1 unspecified atom stereocenters. The minimum atomic E-state index is -4.03. The number of benzene rings is 3. The van der Waals surface area contributed by atoms with Crippen molar-refractivity contribution >= 4 is 7.82 Å². The summed E-state index contributed by atoms with van der Waals surface area (Å²) in [5.41, 5.74) is 0.698. The van der Waals surface area contributed by atoms with Gasteiger partial charge in [-0.3, -0.25) is 0 Å². The number of hydrogen-bond donors (Lipinski definition) is 0. The fourth-order valence-electron chi connectivity index (χ4n) is 2.25. The lowest BCUT2D eigenvalue weighted by molar-refractivity contribution is -0.0687. The molecule has 0 saturated carbocycles. The molecule has 3 aromatic rings. The van der Waals surface area contributed by atoms with Gasteiger partial charge in [-0.25, -0.2) is 9.09 Å². The monoisotopic (exact) mass is 388 g/mol. The van der Waals surface area contributed by atoms with Crippen LogP contribution in [0.2, 0.25) is 0 Å².